The number of benzene rings is 1. The Morgan fingerprint density at radius 2 is 2.00 bits per heavy atom. The fourth-order valence-electron chi connectivity index (χ4n) is 2.95. The van der Waals surface area contributed by atoms with Crippen LogP contribution in [0.4, 0.5) is 10.5 Å². The number of rotatable bonds is 4. The summed E-state index contributed by atoms with van der Waals surface area (Å²) < 4.78 is 0. The van der Waals surface area contributed by atoms with Crippen LogP contribution in [0, 0.1) is 0 Å². The Morgan fingerprint density at radius 1 is 1.33 bits per heavy atom. The van der Waals surface area contributed by atoms with Crippen LogP contribution in [-0.4, -0.2) is 29.6 Å². The lowest BCUT2D eigenvalue weighted by molar-refractivity contribution is 0.178. The molecule has 2 rings (SSSR count). The zero-order valence-electron chi connectivity index (χ0n) is 13.6. The number of anilines is 1. The van der Waals surface area contributed by atoms with Crippen LogP contribution in [0.3, 0.4) is 0 Å². The number of carbonyl (C=O) groups excluding carboxylic acids is 1. The predicted molar refractivity (Wildman–Crippen MR) is 87.6 cm³/mol. The molecular weight excluding hydrogens is 262 g/mol. The highest BCUT2D eigenvalue weighted by Gasteiger charge is 2.35. The molecule has 21 heavy (non-hydrogen) atoms. The molecule has 0 radical (unpaired) electrons. The van der Waals surface area contributed by atoms with Crippen molar-refractivity contribution in [2.75, 3.05) is 18.4 Å². The van der Waals surface area contributed by atoms with Gasteiger partial charge in [0.15, 0.2) is 0 Å². The highest BCUT2D eigenvalue weighted by Crippen LogP contribution is 2.28. The summed E-state index contributed by atoms with van der Waals surface area (Å²) in [5, 5.41) is 6.39. The first kappa shape index (κ1) is 15.8. The van der Waals surface area contributed by atoms with E-state index < -0.39 is 0 Å². The van der Waals surface area contributed by atoms with E-state index in [1.54, 1.807) is 0 Å². The Hall–Kier alpha value is -1.55. The molecular formula is C17H27N3O. The zero-order valence-corrected chi connectivity index (χ0v) is 13.6. The third-order valence-electron chi connectivity index (χ3n) is 4.32. The molecule has 1 aliphatic rings. The van der Waals surface area contributed by atoms with Gasteiger partial charge in [0.05, 0.1) is 0 Å². The van der Waals surface area contributed by atoms with Gasteiger partial charge < -0.3 is 15.5 Å². The van der Waals surface area contributed by atoms with Crippen molar-refractivity contribution < 1.29 is 4.79 Å². The summed E-state index contributed by atoms with van der Waals surface area (Å²) in [4.78, 5) is 14.3. The van der Waals surface area contributed by atoms with Crippen molar-refractivity contribution in [3.63, 3.8) is 0 Å². The molecule has 116 valence electrons. The SMILES string of the molecule is CCNC(C)c1ccc(NC(=O)N2CCCC2(C)C)cc1. The summed E-state index contributed by atoms with van der Waals surface area (Å²) in [6, 6.07) is 8.42. The van der Waals surface area contributed by atoms with Crippen LogP contribution in [0.2, 0.25) is 0 Å². The van der Waals surface area contributed by atoms with Crippen molar-refractivity contribution >= 4 is 11.7 Å². The second-order valence-corrected chi connectivity index (χ2v) is 6.40. The highest BCUT2D eigenvalue weighted by atomic mass is 16.2. The Kier molecular flexibility index (Phi) is 4.88. The molecule has 4 heteroatoms. The number of likely N-dealkylation sites (tertiary alicyclic amines) is 1. The number of nitrogens with zero attached hydrogens (tertiary/aromatic N) is 1. The smallest absolute Gasteiger partial charge is 0.319 e. The fourth-order valence-corrected chi connectivity index (χ4v) is 2.95. The molecule has 0 spiro atoms. The molecule has 1 fully saturated rings. The fraction of sp³-hybridized carbons (Fsp3) is 0.588. The van der Waals surface area contributed by atoms with Crippen molar-refractivity contribution in [1.29, 1.82) is 0 Å². The maximum Gasteiger partial charge on any atom is 0.322 e. The van der Waals surface area contributed by atoms with Crippen LogP contribution in [-0.2, 0) is 0 Å². The van der Waals surface area contributed by atoms with Crippen molar-refractivity contribution in [2.45, 2.75) is 52.1 Å². The second-order valence-electron chi connectivity index (χ2n) is 6.40. The minimum atomic E-state index is -0.0381. The average molecular weight is 289 g/mol. The summed E-state index contributed by atoms with van der Waals surface area (Å²) in [5.41, 5.74) is 2.05. The molecule has 2 amide bonds. The van der Waals surface area contributed by atoms with Gasteiger partial charge in [0.2, 0.25) is 0 Å². The number of urea groups is 1. The Balaban J connectivity index is 1.99. The topological polar surface area (TPSA) is 44.4 Å². The highest BCUT2D eigenvalue weighted by molar-refractivity contribution is 5.90. The van der Waals surface area contributed by atoms with Crippen molar-refractivity contribution in [3.8, 4) is 0 Å². The van der Waals surface area contributed by atoms with Crippen LogP contribution in [0.15, 0.2) is 24.3 Å². The normalized spacial score (nSPS) is 18.6. The lowest BCUT2D eigenvalue weighted by atomic mass is 10.0. The number of amides is 2. The van der Waals surface area contributed by atoms with Gasteiger partial charge in [-0.2, -0.15) is 0 Å². The first-order valence-corrected chi connectivity index (χ1v) is 7.86. The van der Waals surface area contributed by atoms with E-state index in [-0.39, 0.29) is 11.6 Å². The number of nitrogens with one attached hydrogen (secondary N) is 2. The largest absolute Gasteiger partial charge is 0.322 e. The summed E-state index contributed by atoms with van der Waals surface area (Å²) in [6.45, 7) is 10.3. The molecule has 1 saturated heterocycles. The van der Waals surface area contributed by atoms with Crippen LogP contribution in [0.1, 0.15) is 52.1 Å². The molecule has 0 bridgehead atoms. The molecule has 4 nitrogen and oxygen atoms in total. The van der Waals surface area contributed by atoms with Crippen LogP contribution in [0.25, 0.3) is 0 Å². The van der Waals surface area contributed by atoms with Gasteiger partial charge in [-0.3, -0.25) is 0 Å². The Morgan fingerprint density at radius 3 is 2.52 bits per heavy atom. The van der Waals surface area contributed by atoms with E-state index in [4.69, 9.17) is 0 Å². The van der Waals surface area contributed by atoms with Gasteiger partial charge >= 0.3 is 6.03 Å². The summed E-state index contributed by atoms with van der Waals surface area (Å²) in [6.07, 6.45) is 2.15. The molecule has 2 N–H and O–H groups in total. The predicted octanol–water partition coefficient (Wildman–Crippen LogP) is 3.76. The molecule has 1 aromatic carbocycles. The van der Waals surface area contributed by atoms with Gasteiger partial charge in [-0.05, 0) is 57.9 Å². The van der Waals surface area contributed by atoms with Gasteiger partial charge in [-0.1, -0.05) is 19.1 Å². The van der Waals surface area contributed by atoms with E-state index in [1.807, 2.05) is 17.0 Å². The third kappa shape index (κ3) is 3.76. The third-order valence-corrected chi connectivity index (χ3v) is 4.32. The molecule has 1 unspecified atom stereocenters. The molecule has 1 aliphatic heterocycles. The number of hydrogen-bond donors (Lipinski definition) is 2. The average Bonchev–Trinajstić information content (AvgIpc) is 2.79. The summed E-state index contributed by atoms with van der Waals surface area (Å²) in [5.74, 6) is 0. The maximum atomic E-state index is 12.4. The van der Waals surface area contributed by atoms with Crippen molar-refractivity contribution in [3.05, 3.63) is 29.8 Å². The van der Waals surface area contributed by atoms with Crippen LogP contribution in [0.5, 0.6) is 0 Å². The monoisotopic (exact) mass is 289 g/mol. The van der Waals surface area contributed by atoms with Crippen LogP contribution < -0.4 is 10.6 Å². The van der Waals surface area contributed by atoms with Gasteiger partial charge in [-0.25, -0.2) is 4.79 Å². The minimum Gasteiger partial charge on any atom is -0.319 e. The quantitative estimate of drug-likeness (QED) is 0.886. The summed E-state index contributed by atoms with van der Waals surface area (Å²) in [7, 11) is 0. The van der Waals surface area contributed by atoms with E-state index in [2.05, 4.69) is 50.5 Å². The second kappa shape index (κ2) is 6.48. The van der Waals surface area contributed by atoms with Crippen molar-refractivity contribution in [1.82, 2.24) is 10.2 Å². The standard InChI is InChI=1S/C17H27N3O/c1-5-18-13(2)14-7-9-15(10-8-14)19-16(21)20-12-6-11-17(20,3)4/h7-10,13,18H,5-6,11-12H2,1-4H3,(H,19,21). The van der Waals surface area contributed by atoms with Crippen LogP contribution >= 0.6 is 0 Å². The minimum absolute atomic E-state index is 0.00461. The van der Waals surface area contributed by atoms with E-state index in [1.165, 1.54) is 5.56 Å². The Bertz CT molecular complexity index is 481. The zero-order chi connectivity index (χ0) is 15.5. The first-order chi connectivity index (χ1) is 9.94. The summed E-state index contributed by atoms with van der Waals surface area (Å²) >= 11 is 0. The lowest BCUT2D eigenvalue weighted by Gasteiger charge is -2.31. The van der Waals surface area contributed by atoms with E-state index in [0.717, 1.165) is 31.6 Å². The van der Waals surface area contributed by atoms with Gasteiger partial charge in [0.1, 0.15) is 0 Å². The molecule has 0 aromatic heterocycles. The van der Waals surface area contributed by atoms with E-state index in [9.17, 15) is 4.79 Å². The number of carbonyl (C=O) groups is 1. The van der Waals surface area contributed by atoms with E-state index in [0.29, 0.717) is 6.04 Å². The molecule has 1 atom stereocenters. The molecule has 0 saturated carbocycles. The molecule has 0 aliphatic carbocycles. The van der Waals surface area contributed by atoms with Gasteiger partial charge in [0, 0.05) is 23.8 Å². The lowest BCUT2D eigenvalue weighted by Crippen LogP contribution is -2.44. The first-order valence-electron chi connectivity index (χ1n) is 7.86. The maximum absolute atomic E-state index is 12.4. The Labute approximate surface area is 127 Å². The van der Waals surface area contributed by atoms with E-state index >= 15 is 0 Å². The molecule has 1 aromatic rings. The molecule has 1 heterocycles. The van der Waals surface area contributed by atoms with Gasteiger partial charge in [0.25, 0.3) is 0 Å². The van der Waals surface area contributed by atoms with Crippen molar-refractivity contribution in [2.24, 2.45) is 0 Å². The van der Waals surface area contributed by atoms with Gasteiger partial charge in [-0.15, -0.1) is 0 Å². The number of hydrogen-bond acceptors (Lipinski definition) is 2.